The lowest BCUT2D eigenvalue weighted by molar-refractivity contribution is 0.0941. The molecule has 0 aliphatic carbocycles. The highest BCUT2D eigenvalue weighted by atomic mass is 16.5. The number of nitrogens with zero attached hydrogens (tertiary/aromatic N) is 3. The van der Waals surface area contributed by atoms with Crippen LogP contribution in [0.15, 0.2) is 12.1 Å². The van der Waals surface area contributed by atoms with Crippen LogP contribution >= 0.6 is 0 Å². The SMILES string of the molecule is CCCNc1ccc(C(=O)NCCN(C)CCOC)nn1. The molecule has 0 atom stereocenters. The summed E-state index contributed by atoms with van der Waals surface area (Å²) in [5, 5.41) is 13.8. The van der Waals surface area contributed by atoms with E-state index in [1.165, 1.54) is 0 Å². The van der Waals surface area contributed by atoms with E-state index >= 15 is 0 Å². The molecule has 0 saturated heterocycles. The maximum absolute atomic E-state index is 11.9. The minimum Gasteiger partial charge on any atom is -0.383 e. The van der Waals surface area contributed by atoms with Crippen LogP contribution in [0, 0.1) is 0 Å². The van der Waals surface area contributed by atoms with Crippen molar-refractivity contribution >= 4 is 11.7 Å². The molecule has 7 heteroatoms. The van der Waals surface area contributed by atoms with Gasteiger partial charge in [0.2, 0.25) is 0 Å². The number of carbonyl (C=O) groups is 1. The fourth-order valence-electron chi connectivity index (χ4n) is 1.61. The number of aromatic nitrogens is 2. The molecule has 1 heterocycles. The number of nitrogens with one attached hydrogen (secondary N) is 2. The molecule has 1 aromatic rings. The first-order valence-corrected chi connectivity index (χ1v) is 7.20. The minimum absolute atomic E-state index is 0.204. The van der Waals surface area contributed by atoms with Gasteiger partial charge in [-0.25, -0.2) is 0 Å². The molecule has 21 heavy (non-hydrogen) atoms. The highest BCUT2D eigenvalue weighted by Gasteiger charge is 2.08. The summed E-state index contributed by atoms with van der Waals surface area (Å²) < 4.78 is 5.00. The number of hydrogen-bond donors (Lipinski definition) is 2. The van der Waals surface area contributed by atoms with Crippen molar-refractivity contribution in [1.82, 2.24) is 20.4 Å². The number of ether oxygens (including phenoxy) is 1. The van der Waals surface area contributed by atoms with E-state index in [-0.39, 0.29) is 5.91 Å². The van der Waals surface area contributed by atoms with E-state index in [0.717, 1.165) is 26.1 Å². The zero-order valence-corrected chi connectivity index (χ0v) is 13.1. The van der Waals surface area contributed by atoms with Gasteiger partial charge in [0.25, 0.3) is 5.91 Å². The number of rotatable bonds is 10. The normalized spacial score (nSPS) is 10.7. The molecule has 0 fully saturated rings. The molecule has 118 valence electrons. The monoisotopic (exact) mass is 295 g/mol. The Balaban J connectivity index is 2.31. The lowest BCUT2D eigenvalue weighted by Crippen LogP contribution is -2.34. The van der Waals surface area contributed by atoms with Crippen molar-refractivity contribution in [2.45, 2.75) is 13.3 Å². The Morgan fingerprint density at radius 2 is 2.10 bits per heavy atom. The first kappa shape index (κ1) is 17.3. The second-order valence-corrected chi connectivity index (χ2v) is 4.78. The van der Waals surface area contributed by atoms with Gasteiger partial charge in [-0.1, -0.05) is 6.92 Å². The molecule has 0 saturated carbocycles. The Labute approximate surface area is 126 Å². The summed E-state index contributed by atoms with van der Waals surface area (Å²) in [4.78, 5) is 14.0. The maximum atomic E-state index is 11.9. The van der Waals surface area contributed by atoms with Crippen LogP contribution in [0.2, 0.25) is 0 Å². The first-order valence-electron chi connectivity index (χ1n) is 7.20. The van der Waals surface area contributed by atoms with Crippen LogP contribution < -0.4 is 10.6 Å². The van der Waals surface area contributed by atoms with Crippen LogP contribution in [0.1, 0.15) is 23.8 Å². The van der Waals surface area contributed by atoms with Gasteiger partial charge in [0.15, 0.2) is 5.69 Å². The first-order chi connectivity index (χ1) is 10.2. The zero-order chi connectivity index (χ0) is 15.5. The van der Waals surface area contributed by atoms with Crippen LogP contribution in [0.5, 0.6) is 0 Å². The van der Waals surface area contributed by atoms with Crippen LogP contribution in [0.25, 0.3) is 0 Å². The summed E-state index contributed by atoms with van der Waals surface area (Å²) in [5.74, 6) is 0.484. The third-order valence-corrected chi connectivity index (χ3v) is 2.91. The topological polar surface area (TPSA) is 79.4 Å². The minimum atomic E-state index is -0.204. The molecule has 7 nitrogen and oxygen atoms in total. The van der Waals surface area contributed by atoms with E-state index in [0.29, 0.717) is 24.7 Å². The summed E-state index contributed by atoms with van der Waals surface area (Å²) in [7, 11) is 3.66. The average molecular weight is 295 g/mol. The fourth-order valence-corrected chi connectivity index (χ4v) is 1.61. The average Bonchev–Trinajstić information content (AvgIpc) is 2.51. The molecule has 0 aliphatic rings. The van der Waals surface area contributed by atoms with Gasteiger partial charge in [-0.2, -0.15) is 0 Å². The Morgan fingerprint density at radius 1 is 1.29 bits per heavy atom. The van der Waals surface area contributed by atoms with Crippen molar-refractivity contribution in [3.8, 4) is 0 Å². The Morgan fingerprint density at radius 3 is 2.71 bits per heavy atom. The lowest BCUT2D eigenvalue weighted by Gasteiger charge is -2.15. The summed E-state index contributed by atoms with van der Waals surface area (Å²) in [5.41, 5.74) is 0.330. The molecule has 0 bridgehead atoms. The molecular weight excluding hydrogens is 270 g/mol. The number of methoxy groups -OCH3 is 1. The third-order valence-electron chi connectivity index (χ3n) is 2.91. The number of anilines is 1. The van der Waals surface area contributed by atoms with Crippen molar-refractivity contribution in [1.29, 1.82) is 0 Å². The largest absolute Gasteiger partial charge is 0.383 e. The van der Waals surface area contributed by atoms with Gasteiger partial charge in [0, 0.05) is 33.3 Å². The van der Waals surface area contributed by atoms with Gasteiger partial charge in [-0.15, -0.1) is 10.2 Å². The van der Waals surface area contributed by atoms with E-state index in [1.807, 2.05) is 7.05 Å². The number of hydrogen-bond acceptors (Lipinski definition) is 6. The van der Waals surface area contributed by atoms with Gasteiger partial charge in [-0.05, 0) is 25.6 Å². The molecule has 1 aromatic heterocycles. The molecule has 2 N–H and O–H groups in total. The smallest absolute Gasteiger partial charge is 0.271 e. The van der Waals surface area contributed by atoms with E-state index in [4.69, 9.17) is 4.74 Å². The Kier molecular flexibility index (Phi) is 8.30. The summed E-state index contributed by atoms with van der Waals surface area (Å²) in [6.07, 6.45) is 1.01. The van der Waals surface area contributed by atoms with Crippen molar-refractivity contribution in [2.24, 2.45) is 0 Å². The predicted octanol–water partition coefficient (Wildman–Crippen LogP) is 0.607. The molecule has 0 spiro atoms. The quantitative estimate of drug-likeness (QED) is 0.658. The van der Waals surface area contributed by atoms with E-state index in [2.05, 4.69) is 32.7 Å². The maximum Gasteiger partial charge on any atom is 0.271 e. The highest BCUT2D eigenvalue weighted by Crippen LogP contribution is 2.01. The highest BCUT2D eigenvalue weighted by molar-refractivity contribution is 5.92. The molecule has 0 aromatic carbocycles. The van der Waals surface area contributed by atoms with E-state index in [1.54, 1.807) is 19.2 Å². The van der Waals surface area contributed by atoms with E-state index < -0.39 is 0 Å². The molecule has 1 rings (SSSR count). The molecule has 1 amide bonds. The third kappa shape index (κ3) is 7.01. The number of carbonyl (C=O) groups excluding carboxylic acids is 1. The second-order valence-electron chi connectivity index (χ2n) is 4.78. The van der Waals surface area contributed by atoms with Crippen LogP contribution in [0.4, 0.5) is 5.82 Å². The summed E-state index contributed by atoms with van der Waals surface area (Å²) >= 11 is 0. The van der Waals surface area contributed by atoms with Crippen LogP contribution in [-0.2, 0) is 4.74 Å². The fraction of sp³-hybridized carbons (Fsp3) is 0.643. The second kappa shape index (κ2) is 10.1. The predicted molar refractivity (Wildman–Crippen MR) is 82.5 cm³/mol. The lowest BCUT2D eigenvalue weighted by atomic mass is 10.3. The molecule has 0 radical (unpaired) electrons. The summed E-state index contributed by atoms with van der Waals surface area (Å²) in [6.45, 7) is 5.77. The van der Waals surface area contributed by atoms with Gasteiger partial charge in [-0.3, -0.25) is 4.79 Å². The zero-order valence-electron chi connectivity index (χ0n) is 13.1. The standard InChI is InChI=1S/C14H25N5O2/c1-4-7-15-13-6-5-12(17-18-13)14(20)16-8-9-19(2)10-11-21-3/h5-6H,4,7-11H2,1-3H3,(H,15,18)(H,16,20). The van der Waals surface area contributed by atoms with Gasteiger partial charge >= 0.3 is 0 Å². The van der Waals surface area contributed by atoms with Crippen molar-refractivity contribution in [2.75, 3.05) is 52.3 Å². The van der Waals surface area contributed by atoms with Crippen molar-refractivity contribution in [3.05, 3.63) is 17.8 Å². The van der Waals surface area contributed by atoms with Gasteiger partial charge in [0.1, 0.15) is 5.82 Å². The molecular formula is C14H25N5O2. The van der Waals surface area contributed by atoms with Gasteiger partial charge < -0.3 is 20.3 Å². The molecule has 0 aliphatic heterocycles. The number of likely N-dealkylation sites (N-methyl/N-ethyl adjacent to an activating group) is 1. The van der Waals surface area contributed by atoms with E-state index in [9.17, 15) is 4.79 Å². The molecule has 0 unspecified atom stereocenters. The Hall–Kier alpha value is -1.73. The van der Waals surface area contributed by atoms with Crippen LogP contribution in [0.3, 0.4) is 0 Å². The van der Waals surface area contributed by atoms with Crippen molar-refractivity contribution < 1.29 is 9.53 Å². The van der Waals surface area contributed by atoms with Crippen LogP contribution in [-0.4, -0.2) is 67.9 Å². The summed E-state index contributed by atoms with van der Waals surface area (Å²) in [6, 6.07) is 3.44. The van der Waals surface area contributed by atoms with Gasteiger partial charge in [0.05, 0.1) is 6.61 Å². The number of amides is 1. The van der Waals surface area contributed by atoms with Crippen molar-refractivity contribution in [3.63, 3.8) is 0 Å². The Bertz CT molecular complexity index is 410.